The standard InChI is InChI=1S/C11H15N3O2/c12-11(16)9-2-1-3-10(14-9)13-7-4-5-8(15)6-7/h1-3,7-8,15H,4-6H2,(H2,12,16)(H,13,14)/t7-,8-/m1/s1. The van der Waals surface area contributed by atoms with Gasteiger partial charge in [0.1, 0.15) is 11.5 Å². The number of nitrogens with two attached hydrogens (primary N) is 1. The summed E-state index contributed by atoms with van der Waals surface area (Å²) in [5, 5.41) is 12.6. The fourth-order valence-corrected chi connectivity index (χ4v) is 1.95. The number of amides is 1. The third kappa shape index (κ3) is 2.49. The first kappa shape index (κ1) is 10.9. The molecule has 86 valence electrons. The molecule has 16 heavy (non-hydrogen) atoms. The number of hydrogen-bond acceptors (Lipinski definition) is 4. The second-order valence-corrected chi connectivity index (χ2v) is 4.08. The zero-order valence-electron chi connectivity index (χ0n) is 8.89. The number of hydrogen-bond donors (Lipinski definition) is 3. The maximum atomic E-state index is 10.9. The normalized spacial score (nSPS) is 24.3. The Labute approximate surface area is 93.7 Å². The van der Waals surface area contributed by atoms with E-state index in [1.807, 2.05) is 0 Å². The Kier molecular flexibility index (Phi) is 3.05. The third-order valence-electron chi connectivity index (χ3n) is 2.76. The van der Waals surface area contributed by atoms with Crippen LogP contribution in [0.4, 0.5) is 5.82 Å². The van der Waals surface area contributed by atoms with E-state index in [0.29, 0.717) is 5.82 Å². The van der Waals surface area contributed by atoms with Gasteiger partial charge in [0.2, 0.25) is 0 Å². The molecule has 0 bridgehead atoms. The highest BCUT2D eigenvalue weighted by molar-refractivity contribution is 5.91. The summed E-state index contributed by atoms with van der Waals surface area (Å²) in [6.07, 6.45) is 2.23. The molecule has 1 aromatic heterocycles. The Morgan fingerprint density at radius 3 is 2.94 bits per heavy atom. The Bertz CT molecular complexity index is 395. The highest BCUT2D eigenvalue weighted by atomic mass is 16.3. The van der Waals surface area contributed by atoms with E-state index in [2.05, 4.69) is 10.3 Å². The molecule has 5 nitrogen and oxygen atoms in total. The van der Waals surface area contributed by atoms with Crippen LogP contribution in [0.3, 0.4) is 0 Å². The molecule has 1 heterocycles. The molecule has 1 saturated carbocycles. The monoisotopic (exact) mass is 221 g/mol. The third-order valence-corrected chi connectivity index (χ3v) is 2.76. The van der Waals surface area contributed by atoms with Crippen molar-refractivity contribution in [3.63, 3.8) is 0 Å². The van der Waals surface area contributed by atoms with Crippen molar-refractivity contribution in [2.75, 3.05) is 5.32 Å². The van der Waals surface area contributed by atoms with Gasteiger partial charge in [0.25, 0.3) is 5.91 Å². The second-order valence-electron chi connectivity index (χ2n) is 4.08. The van der Waals surface area contributed by atoms with Crippen molar-refractivity contribution in [2.24, 2.45) is 5.73 Å². The second kappa shape index (κ2) is 4.49. The SMILES string of the molecule is NC(=O)c1cccc(N[C@@H]2CC[C@@H](O)C2)n1. The number of nitrogens with one attached hydrogen (secondary N) is 1. The molecule has 1 amide bonds. The van der Waals surface area contributed by atoms with E-state index in [0.717, 1.165) is 19.3 Å². The Morgan fingerprint density at radius 2 is 2.31 bits per heavy atom. The molecule has 1 aromatic rings. The van der Waals surface area contributed by atoms with Crippen molar-refractivity contribution in [2.45, 2.75) is 31.4 Å². The first-order valence-electron chi connectivity index (χ1n) is 5.36. The number of primary amides is 1. The maximum Gasteiger partial charge on any atom is 0.267 e. The van der Waals surface area contributed by atoms with Crippen LogP contribution in [-0.4, -0.2) is 28.1 Å². The number of carbonyl (C=O) groups excluding carboxylic acids is 1. The molecule has 0 unspecified atom stereocenters. The summed E-state index contributed by atoms with van der Waals surface area (Å²) >= 11 is 0. The van der Waals surface area contributed by atoms with E-state index in [4.69, 9.17) is 5.73 Å². The summed E-state index contributed by atoms with van der Waals surface area (Å²) in [6, 6.07) is 5.33. The minimum absolute atomic E-state index is 0.225. The van der Waals surface area contributed by atoms with Gasteiger partial charge >= 0.3 is 0 Å². The number of aliphatic hydroxyl groups is 1. The zero-order chi connectivity index (χ0) is 11.5. The molecule has 2 atom stereocenters. The molecule has 0 aliphatic heterocycles. The van der Waals surface area contributed by atoms with Crippen molar-refractivity contribution in [3.8, 4) is 0 Å². The molecule has 1 aliphatic rings. The van der Waals surface area contributed by atoms with Gasteiger partial charge in [0.15, 0.2) is 0 Å². The summed E-state index contributed by atoms with van der Waals surface area (Å²) in [4.78, 5) is 15.0. The van der Waals surface area contributed by atoms with E-state index in [1.165, 1.54) is 0 Å². The molecule has 0 aromatic carbocycles. The van der Waals surface area contributed by atoms with Crippen LogP contribution in [0.25, 0.3) is 0 Å². The van der Waals surface area contributed by atoms with Crippen molar-refractivity contribution in [1.82, 2.24) is 4.98 Å². The van der Waals surface area contributed by atoms with Gasteiger partial charge in [0.05, 0.1) is 6.10 Å². The summed E-state index contributed by atoms with van der Waals surface area (Å²) < 4.78 is 0. The van der Waals surface area contributed by atoms with E-state index in [1.54, 1.807) is 18.2 Å². The lowest BCUT2D eigenvalue weighted by molar-refractivity contribution is 0.0995. The molecular weight excluding hydrogens is 206 g/mol. The Balaban J connectivity index is 2.04. The number of nitrogens with zero attached hydrogens (tertiary/aromatic N) is 1. The first-order valence-corrected chi connectivity index (χ1v) is 5.36. The van der Waals surface area contributed by atoms with E-state index >= 15 is 0 Å². The van der Waals surface area contributed by atoms with Gasteiger partial charge in [-0.25, -0.2) is 4.98 Å². The van der Waals surface area contributed by atoms with Crippen molar-refractivity contribution in [3.05, 3.63) is 23.9 Å². The summed E-state index contributed by atoms with van der Waals surface area (Å²) in [7, 11) is 0. The van der Waals surface area contributed by atoms with Gasteiger partial charge in [-0.05, 0) is 31.4 Å². The Hall–Kier alpha value is -1.62. The quantitative estimate of drug-likeness (QED) is 0.693. The maximum absolute atomic E-state index is 10.9. The number of pyridine rings is 1. The average molecular weight is 221 g/mol. The number of rotatable bonds is 3. The van der Waals surface area contributed by atoms with Crippen LogP contribution in [0.15, 0.2) is 18.2 Å². The van der Waals surface area contributed by atoms with Crippen LogP contribution in [0, 0.1) is 0 Å². The highest BCUT2D eigenvalue weighted by Gasteiger charge is 2.22. The summed E-state index contributed by atoms with van der Waals surface area (Å²) in [6.45, 7) is 0. The molecular formula is C11H15N3O2. The van der Waals surface area contributed by atoms with Gasteiger partial charge in [-0.1, -0.05) is 6.07 Å². The predicted octanol–water partition coefficient (Wildman–Crippen LogP) is 0.506. The molecule has 0 radical (unpaired) electrons. The van der Waals surface area contributed by atoms with Crippen molar-refractivity contribution >= 4 is 11.7 Å². The van der Waals surface area contributed by atoms with Crippen molar-refractivity contribution in [1.29, 1.82) is 0 Å². The molecule has 0 saturated heterocycles. The fourth-order valence-electron chi connectivity index (χ4n) is 1.95. The van der Waals surface area contributed by atoms with Crippen molar-refractivity contribution < 1.29 is 9.90 Å². The lowest BCUT2D eigenvalue weighted by Crippen LogP contribution is -2.19. The van der Waals surface area contributed by atoms with Crippen LogP contribution < -0.4 is 11.1 Å². The molecule has 2 rings (SSSR count). The van der Waals surface area contributed by atoms with Crippen LogP contribution in [0.2, 0.25) is 0 Å². The average Bonchev–Trinajstić information content (AvgIpc) is 2.64. The number of carbonyl (C=O) groups is 1. The molecule has 1 aliphatic carbocycles. The van der Waals surface area contributed by atoms with E-state index in [9.17, 15) is 9.90 Å². The van der Waals surface area contributed by atoms with Crippen LogP contribution in [0.1, 0.15) is 29.8 Å². The molecule has 4 N–H and O–H groups in total. The molecule has 0 spiro atoms. The van der Waals surface area contributed by atoms with Gasteiger partial charge in [-0.15, -0.1) is 0 Å². The topological polar surface area (TPSA) is 88.2 Å². The fraction of sp³-hybridized carbons (Fsp3) is 0.455. The number of anilines is 1. The molecule has 5 heteroatoms. The van der Waals surface area contributed by atoms with Gasteiger partial charge in [-0.3, -0.25) is 4.79 Å². The summed E-state index contributed by atoms with van der Waals surface area (Å²) in [5.74, 6) is 0.102. The summed E-state index contributed by atoms with van der Waals surface area (Å²) in [5.41, 5.74) is 5.40. The zero-order valence-corrected chi connectivity index (χ0v) is 8.89. The van der Waals surface area contributed by atoms with Gasteiger partial charge in [-0.2, -0.15) is 0 Å². The number of aliphatic hydroxyl groups excluding tert-OH is 1. The lowest BCUT2D eigenvalue weighted by Gasteiger charge is -2.12. The van der Waals surface area contributed by atoms with Crippen LogP contribution in [-0.2, 0) is 0 Å². The highest BCUT2D eigenvalue weighted by Crippen LogP contribution is 2.22. The van der Waals surface area contributed by atoms with Gasteiger partial charge < -0.3 is 16.2 Å². The van der Waals surface area contributed by atoms with E-state index in [-0.39, 0.29) is 17.8 Å². The lowest BCUT2D eigenvalue weighted by atomic mass is 10.2. The van der Waals surface area contributed by atoms with Crippen LogP contribution >= 0.6 is 0 Å². The number of aromatic nitrogens is 1. The van der Waals surface area contributed by atoms with Gasteiger partial charge in [0, 0.05) is 6.04 Å². The minimum atomic E-state index is -0.532. The van der Waals surface area contributed by atoms with E-state index < -0.39 is 5.91 Å². The first-order chi connectivity index (χ1) is 7.65. The molecule has 1 fully saturated rings. The minimum Gasteiger partial charge on any atom is -0.393 e. The Morgan fingerprint density at radius 1 is 1.50 bits per heavy atom. The predicted molar refractivity (Wildman–Crippen MR) is 60.0 cm³/mol. The van der Waals surface area contributed by atoms with Crippen LogP contribution in [0.5, 0.6) is 0 Å². The largest absolute Gasteiger partial charge is 0.393 e. The smallest absolute Gasteiger partial charge is 0.267 e.